The van der Waals surface area contributed by atoms with Gasteiger partial charge in [-0.2, -0.15) is 4.80 Å². The van der Waals surface area contributed by atoms with Crippen molar-refractivity contribution in [2.24, 2.45) is 0 Å². The molecule has 0 aliphatic heterocycles. The van der Waals surface area contributed by atoms with E-state index in [0.717, 1.165) is 5.56 Å². The number of hydrogen-bond acceptors (Lipinski definition) is 6. The molecule has 0 fully saturated rings. The molecule has 0 radical (unpaired) electrons. The number of benzene rings is 1. The van der Waals surface area contributed by atoms with Crippen molar-refractivity contribution >= 4 is 12.0 Å². The molecular weight excluding hydrogens is 324 g/mol. The summed E-state index contributed by atoms with van der Waals surface area (Å²) in [5.41, 5.74) is 0.276. The topological polar surface area (TPSA) is 111 Å². The monoisotopic (exact) mass is 346 g/mol. The molecule has 0 saturated carbocycles. The predicted octanol–water partition coefficient (Wildman–Crippen LogP) is 0.981. The van der Waals surface area contributed by atoms with Crippen LogP contribution in [0.2, 0.25) is 0 Å². The molecule has 134 valence electrons. The summed E-state index contributed by atoms with van der Waals surface area (Å²) in [5, 5.41) is 17.2. The first-order chi connectivity index (χ1) is 11.8. The molecule has 9 nitrogen and oxygen atoms in total. The molecule has 25 heavy (non-hydrogen) atoms. The molecule has 0 atom stereocenters. The largest absolute Gasteiger partial charge is 0.444 e. The van der Waals surface area contributed by atoms with Crippen molar-refractivity contribution in [3.05, 3.63) is 30.3 Å². The molecule has 0 bridgehead atoms. The fraction of sp³-hybridized carbons (Fsp3) is 0.438. The van der Waals surface area contributed by atoms with Crippen molar-refractivity contribution in [1.29, 1.82) is 0 Å². The number of hydrogen-bond donors (Lipinski definition) is 2. The van der Waals surface area contributed by atoms with Crippen LogP contribution in [-0.4, -0.2) is 50.9 Å². The lowest BCUT2D eigenvalue weighted by Crippen LogP contribution is -2.38. The quantitative estimate of drug-likeness (QED) is 0.754. The third kappa shape index (κ3) is 6.58. The van der Waals surface area contributed by atoms with Crippen LogP contribution in [0.1, 0.15) is 20.8 Å². The Morgan fingerprint density at radius 2 is 1.80 bits per heavy atom. The number of carbonyl (C=O) groups excluding carboxylic acids is 2. The first-order valence-electron chi connectivity index (χ1n) is 7.90. The van der Waals surface area contributed by atoms with Gasteiger partial charge in [-0.15, -0.1) is 10.2 Å². The molecular formula is C16H22N6O3. The lowest BCUT2D eigenvalue weighted by Gasteiger charge is -2.19. The minimum atomic E-state index is -0.553. The molecule has 0 spiro atoms. The Morgan fingerprint density at radius 1 is 1.12 bits per heavy atom. The van der Waals surface area contributed by atoms with E-state index < -0.39 is 11.7 Å². The Kier molecular flexibility index (Phi) is 6.04. The van der Waals surface area contributed by atoms with Crippen molar-refractivity contribution < 1.29 is 14.3 Å². The van der Waals surface area contributed by atoms with Gasteiger partial charge in [0.2, 0.25) is 11.7 Å². The van der Waals surface area contributed by atoms with Crippen molar-refractivity contribution in [3.8, 4) is 11.4 Å². The number of nitrogens with zero attached hydrogens (tertiary/aromatic N) is 4. The number of nitrogens with one attached hydrogen (secondary N) is 2. The molecule has 1 heterocycles. The van der Waals surface area contributed by atoms with Crippen LogP contribution in [-0.2, 0) is 16.1 Å². The van der Waals surface area contributed by atoms with Gasteiger partial charge in [0.25, 0.3) is 0 Å². The van der Waals surface area contributed by atoms with Gasteiger partial charge in [0.1, 0.15) is 12.1 Å². The summed E-state index contributed by atoms with van der Waals surface area (Å²) in [6.07, 6.45) is -0.521. The highest BCUT2D eigenvalue weighted by molar-refractivity contribution is 5.75. The van der Waals surface area contributed by atoms with Gasteiger partial charge in [-0.3, -0.25) is 4.79 Å². The van der Waals surface area contributed by atoms with E-state index in [2.05, 4.69) is 26.0 Å². The number of amides is 2. The minimum Gasteiger partial charge on any atom is -0.444 e. The molecule has 1 aromatic heterocycles. The van der Waals surface area contributed by atoms with E-state index in [1.807, 2.05) is 30.3 Å². The average molecular weight is 346 g/mol. The van der Waals surface area contributed by atoms with E-state index in [-0.39, 0.29) is 25.5 Å². The van der Waals surface area contributed by atoms with Crippen LogP contribution in [0.15, 0.2) is 30.3 Å². The number of carbonyl (C=O) groups is 2. The molecule has 2 amide bonds. The van der Waals surface area contributed by atoms with Crippen molar-refractivity contribution in [1.82, 2.24) is 30.8 Å². The van der Waals surface area contributed by atoms with Gasteiger partial charge in [-0.05, 0) is 26.0 Å². The smallest absolute Gasteiger partial charge is 0.407 e. The third-order valence-corrected chi connectivity index (χ3v) is 2.89. The van der Waals surface area contributed by atoms with E-state index >= 15 is 0 Å². The molecule has 0 unspecified atom stereocenters. The third-order valence-electron chi connectivity index (χ3n) is 2.89. The van der Waals surface area contributed by atoms with E-state index in [9.17, 15) is 9.59 Å². The molecule has 2 rings (SSSR count). The highest BCUT2D eigenvalue weighted by Crippen LogP contribution is 2.11. The van der Waals surface area contributed by atoms with Gasteiger partial charge in [0.15, 0.2) is 0 Å². The van der Waals surface area contributed by atoms with Crippen LogP contribution in [0.25, 0.3) is 11.4 Å². The van der Waals surface area contributed by atoms with Gasteiger partial charge in [-0.25, -0.2) is 4.79 Å². The molecule has 1 aromatic carbocycles. The summed E-state index contributed by atoms with van der Waals surface area (Å²) in [5.74, 6) is 0.183. The molecule has 0 aliphatic carbocycles. The van der Waals surface area contributed by atoms with Gasteiger partial charge < -0.3 is 15.4 Å². The first-order valence-corrected chi connectivity index (χ1v) is 7.90. The second-order valence-electron chi connectivity index (χ2n) is 6.29. The van der Waals surface area contributed by atoms with Crippen LogP contribution in [0, 0.1) is 0 Å². The number of rotatable bonds is 6. The summed E-state index contributed by atoms with van der Waals surface area (Å²) in [4.78, 5) is 24.5. The predicted molar refractivity (Wildman–Crippen MR) is 90.5 cm³/mol. The zero-order valence-electron chi connectivity index (χ0n) is 14.5. The Labute approximate surface area is 145 Å². The van der Waals surface area contributed by atoms with Gasteiger partial charge in [0.05, 0.1) is 0 Å². The first kappa shape index (κ1) is 18.4. The summed E-state index contributed by atoms with van der Waals surface area (Å²) < 4.78 is 5.09. The zero-order valence-corrected chi connectivity index (χ0v) is 14.5. The highest BCUT2D eigenvalue weighted by Gasteiger charge is 2.15. The van der Waals surface area contributed by atoms with Gasteiger partial charge in [-0.1, -0.05) is 30.3 Å². The fourth-order valence-corrected chi connectivity index (χ4v) is 1.88. The second-order valence-corrected chi connectivity index (χ2v) is 6.29. The van der Waals surface area contributed by atoms with Crippen molar-refractivity contribution in [2.45, 2.75) is 32.9 Å². The van der Waals surface area contributed by atoms with Crippen LogP contribution in [0.5, 0.6) is 0 Å². The summed E-state index contributed by atoms with van der Waals surface area (Å²) in [6.45, 7) is 5.83. The Hall–Kier alpha value is -2.97. The molecule has 2 aromatic rings. The molecule has 0 saturated heterocycles. The van der Waals surface area contributed by atoms with Crippen LogP contribution in [0.4, 0.5) is 4.79 Å². The normalized spacial score (nSPS) is 11.0. The van der Waals surface area contributed by atoms with Gasteiger partial charge in [0, 0.05) is 18.7 Å². The molecule has 0 aliphatic rings. The standard InChI is InChI=1S/C16H22N6O3/c1-16(2,3)25-15(24)18-10-9-17-13(23)11-22-20-14(19-21-22)12-7-5-4-6-8-12/h4-8H,9-11H2,1-3H3,(H,17,23)(H,18,24). The maximum Gasteiger partial charge on any atom is 0.407 e. The Morgan fingerprint density at radius 3 is 2.48 bits per heavy atom. The Balaban J connectivity index is 1.71. The summed E-state index contributed by atoms with van der Waals surface area (Å²) in [7, 11) is 0. The number of ether oxygens (including phenoxy) is 1. The number of alkyl carbamates (subject to hydrolysis) is 1. The SMILES string of the molecule is CC(C)(C)OC(=O)NCCNC(=O)Cn1nnc(-c2ccccc2)n1. The van der Waals surface area contributed by atoms with Crippen molar-refractivity contribution in [3.63, 3.8) is 0 Å². The van der Waals surface area contributed by atoms with Crippen LogP contribution >= 0.6 is 0 Å². The molecule has 9 heteroatoms. The lowest BCUT2D eigenvalue weighted by molar-refractivity contribution is -0.122. The number of aromatic nitrogens is 4. The molecule has 2 N–H and O–H groups in total. The van der Waals surface area contributed by atoms with E-state index in [4.69, 9.17) is 4.74 Å². The van der Waals surface area contributed by atoms with E-state index in [1.54, 1.807) is 20.8 Å². The van der Waals surface area contributed by atoms with Crippen LogP contribution in [0.3, 0.4) is 0 Å². The lowest BCUT2D eigenvalue weighted by atomic mass is 10.2. The highest BCUT2D eigenvalue weighted by atomic mass is 16.6. The van der Waals surface area contributed by atoms with E-state index in [1.165, 1.54) is 4.80 Å². The van der Waals surface area contributed by atoms with E-state index in [0.29, 0.717) is 5.82 Å². The van der Waals surface area contributed by atoms with Crippen molar-refractivity contribution in [2.75, 3.05) is 13.1 Å². The number of tetrazole rings is 1. The average Bonchev–Trinajstić information content (AvgIpc) is 2.99. The fourth-order valence-electron chi connectivity index (χ4n) is 1.88. The summed E-state index contributed by atoms with van der Waals surface area (Å²) >= 11 is 0. The zero-order chi connectivity index (χ0) is 18.3. The maximum atomic E-state index is 11.8. The maximum absolute atomic E-state index is 11.8. The van der Waals surface area contributed by atoms with Crippen LogP contribution < -0.4 is 10.6 Å². The van der Waals surface area contributed by atoms with Gasteiger partial charge >= 0.3 is 6.09 Å². The summed E-state index contributed by atoms with van der Waals surface area (Å²) in [6, 6.07) is 9.38. The Bertz CT molecular complexity index is 708. The second kappa shape index (κ2) is 8.22. The minimum absolute atomic E-state index is 0.0493.